The Morgan fingerprint density at radius 2 is 0.636 bits per heavy atom. The Morgan fingerprint density at radius 3 is 0.961 bits per heavy atom. The zero-order valence-corrected chi connectivity index (χ0v) is 46.8. The molecule has 0 saturated heterocycles. The van der Waals surface area contributed by atoms with E-state index in [9.17, 15) is 38.2 Å². The number of ketones is 4. The number of phenols is 2. The molecule has 7 aromatic carbocycles. The van der Waals surface area contributed by atoms with Crippen LogP contribution in [0, 0.1) is 9.93 Å². The first kappa shape index (κ1) is 72.4. The van der Waals surface area contributed by atoms with Gasteiger partial charge in [0.2, 0.25) is 0 Å². The number of hydrogen-bond acceptors (Lipinski definition) is 9. The number of phenolic OH excluding ortho intramolecular Hbond substituents is 2. The zero-order valence-electron chi connectivity index (χ0n) is 45.3. The van der Waals surface area contributed by atoms with Crippen molar-refractivity contribution >= 4 is 44.7 Å². The molecule has 0 heterocycles. The molecule has 0 radical (unpaired) electrons. The van der Waals surface area contributed by atoms with Gasteiger partial charge in [-0.2, -0.15) is 0 Å². The maximum Gasteiger partial charge on any atom is 0.194 e. The van der Waals surface area contributed by atoms with Gasteiger partial charge in [-0.15, -0.1) is 0 Å². The number of unbranched alkanes of at least 4 members (excludes halogenated alkanes) is 6. The minimum Gasteiger partial charge on any atom is -0.870 e. The topological polar surface area (TPSA) is 204 Å². The van der Waals surface area contributed by atoms with Gasteiger partial charge in [-0.25, -0.2) is 0 Å². The van der Waals surface area contributed by atoms with Crippen molar-refractivity contribution in [2.75, 3.05) is 13.3 Å². The van der Waals surface area contributed by atoms with Gasteiger partial charge in [0, 0.05) is 97.8 Å². The standard InChI is InChI=1S/C19H20O2.2C19H18O2.2C2H5F.C2H6.FH.O2.2H2O.Pd.H2/c3*1-2-3-4-7-13-10-11-16-17(12-13)19(21)15-9-6-5-8-14(15)18(16)20;2*1-2-3;1-2;;1-2;;;;/h5-6,8-12,20-21H,2-4,7H2,1H3;2*5-6,8-12H,2-4,7H2,1H3;2*2H2,1H3;1-2H3;1H;;2*1H2;;1H/p-1. The average Bonchev–Trinajstić information content (AvgIpc) is 3.43. The molecule has 422 valence electrons. The quantitative estimate of drug-likeness (QED) is 0.0516. The molecule has 14 heteroatoms. The van der Waals surface area contributed by atoms with Crippen LogP contribution in [0.3, 0.4) is 0 Å². The third-order valence-electron chi connectivity index (χ3n) is 12.2. The van der Waals surface area contributed by atoms with Crippen molar-refractivity contribution < 1.29 is 75.7 Å². The van der Waals surface area contributed by atoms with Crippen LogP contribution < -0.4 is 0 Å². The van der Waals surface area contributed by atoms with E-state index in [2.05, 4.69) is 20.8 Å². The van der Waals surface area contributed by atoms with E-state index in [0.717, 1.165) is 55.0 Å². The molecule has 0 amide bonds. The number of rotatable bonds is 12. The molecule has 7 aromatic rings. The largest absolute Gasteiger partial charge is 0.870 e. The SMILES string of the molecule is CC.CCCCCc1ccc2c(O)c3ccccc3c(O)c2c1.CCCCCc1ccc2c(c1)C(=O)c1ccccc1C2=O.CCCCCc1ccc2c(c1)C(=O)c1ccccc1C2=O.CCF.CCF.F.O.O=O.[HH].[OH-].[Pd]. The van der Waals surface area contributed by atoms with Gasteiger partial charge in [-0.05, 0) is 87.3 Å². The Balaban J connectivity index is -0.000000968. The summed E-state index contributed by atoms with van der Waals surface area (Å²) in [6.45, 7) is 13.0. The van der Waals surface area contributed by atoms with Crippen LogP contribution in [0.5, 0.6) is 11.5 Å². The van der Waals surface area contributed by atoms with Gasteiger partial charge >= 0.3 is 0 Å². The molecule has 9 rings (SSSR count). The number of carbonyl (C=O) groups is 4. The van der Waals surface area contributed by atoms with Gasteiger partial charge in [0.25, 0.3) is 0 Å². The van der Waals surface area contributed by atoms with Gasteiger partial charge in [-0.1, -0.05) is 182 Å². The second-order valence-corrected chi connectivity index (χ2v) is 17.2. The fraction of sp³-hybridized carbons (Fsp3) is 0.333. The maximum atomic E-state index is 12.6. The third kappa shape index (κ3) is 19.1. The number of alkyl halides is 2. The minimum atomic E-state index is -0.250. The van der Waals surface area contributed by atoms with E-state index in [1.165, 1.54) is 57.9 Å². The number of aromatic hydroxyl groups is 2. The van der Waals surface area contributed by atoms with Gasteiger partial charge in [-0.3, -0.25) is 32.7 Å². The predicted octanol–water partition coefficient (Wildman–Crippen LogP) is 16.0. The summed E-state index contributed by atoms with van der Waals surface area (Å²) in [6.07, 6.45) is 13.5. The molecule has 0 aliphatic heterocycles. The number of hydrogen-bond donors (Lipinski definition) is 2. The summed E-state index contributed by atoms with van der Waals surface area (Å²) >= 11 is 0. The van der Waals surface area contributed by atoms with Crippen LogP contribution >= 0.6 is 0 Å². The average molecular weight is 1160 g/mol. The van der Waals surface area contributed by atoms with Crippen LogP contribution in [0.25, 0.3) is 21.5 Å². The van der Waals surface area contributed by atoms with Crippen LogP contribution in [-0.4, -0.2) is 57.6 Å². The first-order chi connectivity index (χ1) is 35.5. The van der Waals surface area contributed by atoms with Gasteiger partial charge in [0.1, 0.15) is 11.5 Å². The summed E-state index contributed by atoms with van der Waals surface area (Å²) in [4.78, 5) is 64.1. The summed E-state index contributed by atoms with van der Waals surface area (Å²) in [5.74, 6) is 0.366. The van der Waals surface area contributed by atoms with E-state index in [0.29, 0.717) is 60.7 Å². The molecule has 0 unspecified atom stereocenters. The van der Waals surface area contributed by atoms with Crippen molar-refractivity contribution in [3.8, 4) is 11.5 Å². The number of aryl methyl sites for hydroxylation is 3. The van der Waals surface area contributed by atoms with E-state index in [4.69, 9.17) is 9.93 Å². The molecule has 0 fully saturated rings. The third-order valence-corrected chi connectivity index (χ3v) is 12.2. The van der Waals surface area contributed by atoms with Crippen molar-refractivity contribution in [3.63, 3.8) is 0 Å². The van der Waals surface area contributed by atoms with E-state index in [1.807, 2.05) is 92.7 Å². The molecular weight excluding hydrogens is 1080 g/mol. The molecule has 77 heavy (non-hydrogen) atoms. The van der Waals surface area contributed by atoms with Crippen LogP contribution in [0.4, 0.5) is 13.5 Å². The van der Waals surface area contributed by atoms with E-state index >= 15 is 0 Å². The van der Waals surface area contributed by atoms with Crippen LogP contribution in [-0.2, 0) is 39.7 Å². The Hall–Kier alpha value is -6.69. The molecule has 2 aliphatic rings. The molecule has 0 spiro atoms. The summed E-state index contributed by atoms with van der Waals surface area (Å²) in [7, 11) is 0. The molecular formula is C63H78F3O10Pd-. The molecule has 2 aliphatic carbocycles. The molecule has 5 N–H and O–H groups in total. The Labute approximate surface area is 467 Å². The first-order valence-electron chi connectivity index (χ1n) is 25.8. The fourth-order valence-corrected chi connectivity index (χ4v) is 8.68. The van der Waals surface area contributed by atoms with E-state index < -0.39 is 0 Å². The van der Waals surface area contributed by atoms with Crippen LogP contribution in [0.15, 0.2) is 127 Å². The minimum absolute atomic E-state index is 0. The maximum absolute atomic E-state index is 12.6. The fourth-order valence-electron chi connectivity index (χ4n) is 8.68. The Morgan fingerprint density at radius 1 is 0.390 bits per heavy atom. The molecule has 10 nitrogen and oxygen atoms in total. The second kappa shape index (κ2) is 38.8. The molecule has 0 atom stereocenters. The predicted molar refractivity (Wildman–Crippen MR) is 306 cm³/mol. The van der Waals surface area contributed by atoms with Crippen molar-refractivity contribution in [1.29, 1.82) is 0 Å². The number of benzene rings is 7. The van der Waals surface area contributed by atoms with Gasteiger partial charge in [0.05, 0.1) is 13.3 Å². The summed E-state index contributed by atoms with van der Waals surface area (Å²) < 4.78 is 20.6. The zero-order chi connectivity index (χ0) is 53.9. The second-order valence-electron chi connectivity index (χ2n) is 17.2. The van der Waals surface area contributed by atoms with Crippen molar-refractivity contribution in [3.05, 3.63) is 199 Å². The van der Waals surface area contributed by atoms with Crippen molar-refractivity contribution in [2.45, 2.75) is 126 Å². The van der Waals surface area contributed by atoms with Crippen LogP contribution in [0.1, 0.15) is 188 Å². The van der Waals surface area contributed by atoms with Crippen molar-refractivity contribution in [2.24, 2.45) is 0 Å². The summed E-state index contributed by atoms with van der Waals surface area (Å²) in [5, 5.41) is 23.8. The smallest absolute Gasteiger partial charge is 0.194 e. The number of halogens is 3. The molecule has 0 aromatic heterocycles. The first-order valence-corrected chi connectivity index (χ1v) is 25.8. The number of fused-ring (bicyclic) bond motifs is 6. The van der Waals surface area contributed by atoms with Crippen molar-refractivity contribution in [1.82, 2.24) is 0 Å². The Bertz CT molecular complexity index is 2800. The van der Waals surface area contributed by atoms with Gasteiger partial charge < -0.3 is 21.2 Å². The Kier molecular flexibility index (Phi) is 36.5. The molecule has 0 saturated carbocycles. The summed E-state index contributed by atoms with van der Waals surface area (Å²) in [6, 6.07) is 38.9. The van der Waals surface area contributed by atoms with Crippen LogP contribution in [0.2, 0.25) is 0 Å². The normalized spacial score (nSPS) is 10.8. The summed E-state index contributed by atoms with van der Waals surface area (Å²) in [5.41, 5.74) is 7.80. The van der Waals surface area contributed by atoms with E-state index in [-0.39, 0.29) is 85.5 Å². The van der Waals surface area contributed by atoms with E-state index in [1.54, 1.807) is 48.5 Å². The number of carbonyl (C=O) groups excluding carboxylic acids is 4. The van der Waals surface area contributed by atoms with Gasteiger partial charge in [0.15, 0.2) is 23.1 Å². The molecule has 0 bridgehead atoms. The monoisotopic (exact) mass is 1160 g/mol.